The minimum Gasteiger partial charge on any atom is -0.368 e. The van der Waals surface area contributed by atoms with E-state index in [0.29, 0.717) is 18.1 Å². The zero-order valence-corrected chi connectivity index (χ0v) is 11.5. The summed E-state index contributed by atoms with van der Waals surface area (Å²) >= 11 is 0. The van der Waals surface area contributed by atoms with E-state index in [9.17, 15) is 4.39 Å². The average molecular weight is 265 g/mol. The van der Waals surface area contributed by atoms with Crippen LogP contribution in [0.15, 0.2) is 0 Å². The Balaban J connectivity index is 1.92. The van der Waals surface area contributed by atoms with Gasteiger partial charge in [0.25, 0.3) is 0 Å². The summed E-state index contributed by atoms with van der Waals surface area (Å²) in [6, 6.07) is 0.208. The molecule has 19 heavy (non-hydrogen) atoms. The van der Waals surface area contributed by atoms with Gasteiger partial charge in [-0.25, -0.2) is 14.4 Å². The summed E-state index contributed by atoms with van der Waals surface area (Å²) in [6.45, 7) is 9.62. The van der Waals surface area contributed by atoms with Gasteiger partial charge in [-0.3, -0.25) is 9.80 Å². The van der Waals surface area contributed by atoms with Gasteiger partial charge in [0.2, 0.25) is 0 Å². The number of hydrogen-bond acceptors (Lipinski definition) is 5. The standard InChI is InChI=1S/C13H20FN5/c1-3-15-13-11(14)9(2)16-12(17-13)10-8-18-4-6-19(10)7-5-18/h10H,3-8H2,1-2H3,(H,15,16,17). The Labute approximate surface area is 112 Å². The molecule has 0 saturated carbocycles. The summed E-state index contributed by atoms with van der Waals surface area (Å²) in [5.41, 5.74) is 0.429. The third-order valence-corrected chi connectivity index (χ3v) is 3.96. The molecule has 0 aliphatic carbocycles. The molecule has 3 fully saturated rings. The molecular formula is C13H20FN5. The van der Waals surface area contributed by atoms with Crippen molar-refractivity contribution < 1.29 is 4.39 Å². The summed E-state index contributed by atoms with van der Waals surface area (Å²) < 4.78 is 13.9. The number of anilines is 1. The lowest BCUT2D eigenvalue weighted by molar-refractivity contribution is 0.00857. The van der Waals surface area contributed by atoms with Crippen molar-refractivity contribution in [2.24, 2.45) is 0 Å². The summed E-state index contributed by atoms with van der Waals surface area (Å²) in [5.74, 6) is 0.753. The van der Waals surface area contributed by atoms with E-state index >= 15 is 0 Å². The first-order valence-corrected chi connectivity index (χ1v) is 6.93. The Morgan fingerprint density at radius 1 is 1.26 bits per heavy atom. The van der Waals surface area contributed by atoms with Gasteiger partial charge >= 0.3 is 0 Å². The lowest BCUT2D eigenvalue weighted by Crippen LogP contribution is -2.57. The van der Waals surface area contributed by atoms with Crippen LogP contribution in [0.5, 0.6) is 0 Å². The minimum atomic E-state index is -0.332. The van der Waals surface area contributed by atoms with Gasteiger partial charge in [0.1, 0.15) is 5.82 Å². The molecule has 4 rings (SSSR count). The number of hydrogen-bond donors (Lipinski definition) is 1. The lowest BCUT2D eigenvalue weighted by atomic mass is 10.1. The van der Waals surface area contributed by atoms with E-state index in [-0.39, 0.29) is 11.9 Å². The number of aromatic nitrogens is 2. The van der Waals surface area contributed by atoms with Crippen LogP contribution in [0.4, 0.5) is 10.2 Å². The predicted molar refractivity (Wildman–Crippen MR) is 71.6 cm³/mol. The van der Waals surface area contributed by atoms with Crippen molar-refractivity contribution in [2.75, 3.05) is 44.6 Å². The second-order valence-corrected chi connectivity index (χ2v) is 5.21. The molecule has 4 heterocycles. The number of nitrogens with zero attached hydrogens (tertiary/aromatic N) is 4. The van der Waals surface area contributed by atoms with Crippen LogP contribution in [0.1, 0.15) is 24.5 Å². The van der Waals surface area contributed by atoms with Crippen molar-refractivity contribution in [2.45, 2.75) is 19.9 Å². The van der Waals surface area contributed by atoms with E-state index in [2.05, 4.69) is 25.1 Å². The largest absolute Gasteiger partial charge is 0.368 e. The van der Waals surface area contributed by atoms with Gasteiger partial charge in [-0.2, -0.15) is 0 Å². The molecule has 5 nitrogen and oxygen atoms in total. The average Bonchev–Trinajstić information content (AvgIpc) is 2.45. The highest BCUT2D eigenvalue weighted by Crippen LogP contribution is 2.28. The van der Waals surface area contributed by atoms with Crippen molar-refractivity contribution >= 4 is 5.82 Å². The van der Waals surface area contributed by atoms with Crippen LogP contribution in [-0.2, 0) is 0 Å². The molecule has 0 aromatic carbocycles. The zero-order chi connectivity index (χ0) is 13.4. The van der Waals surface area contributed by atoms with Crippen LogP contribution in [0, 0.1) is 12.7 Å². The van der Waals surface area contributed by atoms with E-state index in [1.807, 2.05) is 6.92 Å². The second-order valence-electron chi connectivity index (χ2n) is 5.21. The molecule has 3 aliphatic heterocycles. The van der Waals surface area contributed by atoms with Crippen LogP contribution < -0.4 is 5.32 Å². The number of halogens is 1. The first-order chi connectivity index (χ1) is 9.19. The summed E-state index contributed by atoms with van der Waals surface area (Å²) in [7, 11) is 0. The van der Waals surface area contributed by atoms with Crippen LogP contribution in [0.25, 0.3) is 0 Å². The number of nitrogens with one attached hydrogen (secondary N) is 1. The van der Waals surface area contributed by atoms with Crippen molar-refractivity contribution in [3.63, 3.8) is 0 Å². The van der Waals surface area contributed by atoms with Crippen LogP contribution in [0.3, 0.4) is 0 Å². The molecule has 0 spiro atoms. The van der Waals surface area contributed by atoms with Gasteiger partial charge in [0, 0.05) is 39.3 Å². The molecule has 6 heteroatoms. The molecule has 3 saturated heterocycles. The fourth-order valence-corrected chi connectivity index (χ4v) is 2.88. The lowest BCUT2D eigenvalue weighted by Gasteiger charge is -2.46. The molecule has 0 radical (unpaired) electrons. The third kappa shape index (κ3) is 2.30. The van der Waals surface area contributed by atoms with Gasteiger partial charge in [0.15, 0.2) is 11.6 Å². The molecule has 3 aliphatic rings. The molecule has 1 N–H and O–H groups in total. The SMILES string of the molecule is CCNc1nc(C2CN3CCN2CC3)nc(C)c1F. The van der Waals surface area contributed by atoms with E-state index in [4.69, 9.17) is 0 Å². The Hall–Kier alpha value is -1.27. The first kappa shape index (κ1) is 12.7. The number of rotatable bonds is 3. The molecule has 0 amide bonds. The van der Waals surface area contributed by atoms with Gasteiger partial charge in [0.05, 0.1) is 11.7 Å². The molecule has 2 bridgehead atoms. The van der Waals surface area contributed by atoms with E-state index < -0.39 is 0 Å². The fraction of sp³-hybridized carbons (Fsp3) is 0.692. The quantitative estimate of drug-likeness (QED) is 0.884. The fourth-order valence-electron chi connectivity index (χ4n) is 2.88. The topological polar surface area (TPSA) is 44.3 Å². The van der Waals surface area contributed by atoms with E-state index in [1.165, 1.54) is 0 Å². The van der Waals surface area contributed by atoms with E-state index in [0.717, 1.165) is 38.5 Å². The minimum absolute atomic E-state index is 0.208. The monoisotopic (exact) mass is 265 g/mol. The highest BCUT2D eigenvalue weighted by Gasteiger charge is 2.35. The molecule has 1 atom stereocenters. The summed E-state index contributed by atoms with van der Waals surface area (Å²) in [4.78, 5) is 13.6. The van der Waals surface area contributed by atoms with Gasteiger partial charge < -0.3 is 5.32 Å². The maximum Gasteiger partial charge on any atom is 0.186 e. The van der Waals surface area contributed by atoms with Crippen LogP contribution in [0.2, 0.25) is 0 Å². The highest BCUT2D eigenvalue weighted by atomic mass is 19.1. The van der Waals surface area contributed by atoms with Gasteiger partial charge in [-0.1, -0.05) is 0 Å². The predicted octanol–water partition coefficient (Wildman–Crippen LogP) is 1.03. The molecular weight excluding hydrogens is 245 g/mol. The van der Waals surface area contributed by atoms with Crippen molar-refractivity contribution in [1.29, 1.82) is 0 Å². The van der Waals surface area contributed by atoms with Gasteiger partial charge in [-0.15, -0.1) is 0 Å². The first-order valence-electron chi connectivity index (χ1n) is 6.93. The second kappa shape index (κ2) is 5.02. The normalized spacial score (nSPS) is 29.5. The Bertz CT molecular complexity index is 470. The Morgan fingerprint density at radius 2 is 2.00 bits per heavy atom. The highest BCUT2D eigenvalue weighted by molar-refractivity contribution is 5.38. The number of fused-ring (bicyclic) bond motifs is 3. The summed E-state index contributed by atoms with van der Waals surface area (Å²) in [6.07, 6.45) is 0. The van der Waals surface area contributed by atoms with Crippen molar-refractivity contribution in [1.82, 2.24) is 19.8 Å². The molecule has 104 valence electrons. The smallest absolute Gasteiger partial charge is 0.186 e. The number of piperazine rings is 3. The van der Waals surface area contributed by atoms with Crippen LogP contribution in [-0.4, -0.2) is 59.0 Å². The third-order valence-electron chi connectivity index (χ3n) is 3.96. The maximum absolute atomic E-state index is 13.9. The molecule has 1 unspecified atom stereocenters. The van der Waals surface area contributed by atoms with Crippen molar-refractivity contribution in [3.8, 4) is 0 Å². The Kier molecular flexibility index (Phi) is 3.36. The summed E-state index contributed by atoms with van der Waals surface area (Å²) in [5, 5.41) is 2.98. The van der Waals surface area contributed by atoms with Crippen LogP contribution >= 0.6 is 0 Å². The number of aryl methyl sites for hydroxylation is 1. The zero-order valence-electron chi connectivity index (χ0n) is 11.5. The van der Waals surface area contributed by atoms with E-state index in [1.54, 1.807) is 6.92 Å². The maximum atomic E-state index is 13.9. The van der Waals surface area contributed by atoms with Gasteiger partial charge in [-0.05, 0) is 13.8 Å². The van der Waals surface area contributed by atoms with Crippen molar-refractivity contribution in [3.05, 3.63) is 17.3 Å². The molecule has 1 aromatic rings. The Morgan fingerprint density at radius 3 is 2.58 bits per heavy atom. The molecule has 1 aromatic heterocycles.